The number of hydrogen-bond donors (Lipinski definition) is 0. The van der Waals surface area contributed by atoms with Gasteiger partial charge in [0.2, 0.25) is 0 Å². The molecule has 0 spiro atoms. The number of carbonyl (C=O) groups excluding carboxylic acids is 1. The lowest BCUT2D eigenvalue weighted by atomic mass is 10.3. The first kappa shape index (κ1) is 42.2. The summed E-state index contributed by atoms with van der Waals surface area (Å²) in [7, 11) is -12.7. The normalized spacial score (nSPS) is 40.7. The Morgan fingerprint density at radius 3 is 0.875 bits per heavy atom. The third-order valence-corrected chi connectivity index (χ3v) is 24.3. The van der Waals surface area contributed by atoms with Gasteiger partial charge in [0.15, 0.2) is 0 Å². The van der Waals surface area contributed by atoms with Crippen molar-refractivity contribution < 1.29 is 67.4 Å². The van der Waals surface area contributed by atoms with Gasteiger partial charge in [0.05, 0.1) is 90.4 Å². The molecule has 2 atom stereocenters. The highest BCUT2D eigenvalue weighted by Crippen LogP contribution is 2.38. The Balaban J connectivity index is 0.958. The first-order valence-corrected chi connectivity index (χ1v) is 28.3. The number of carbonyl (C=O) groups is 1. The van der Waals surface area contributed by atoms with Crippen LogP contribution in [0.2, 0.25) is 23.2 Å². The quantitative estimate of drug-likeness (QED) is 0.190. The molecule has 8 bridgehead atoms. The summed E-state index contributed by atoms with van der Waals surface area (Å²) in [4.78, 5) is 22.9. The van der Waals surface area contributed by atoms with Gasteiger partial charge in [0, 0.05) is 90.6 Å². The Bertz CT molecular complexity index is 1080. The SMILES string of the molecule is O=C(OCC(CC[Si]12OCCN(CCO1)CCO2)[Si]12OCCN(CCO1)CCO2)OCC(CC[Si]12OCCN(CCO1)CCO2)[Si]12OCCN(CCO1)CCO2. The van der Waals surface area contributed by atoms with Crippen molar-refractivity contribution in [2.45, 2.75) is 36.0 Å². The monoisotopic (exact) mass is 866 g/mol. The van der Waals surface area contributed by atoms with Crippen LogP contribution < -0.4 is 0 Å². The Kier molecular flexibility index (Phi) is 15.0. The van der Waals surface area contributed by atoms with Gasteiger partial charge in [-0.1, -0.05) is 0 Å². The van der Waals surface area contributed by atoms with E-state index in [-0.39, 0.29) is 24.3 Å². The van der Waals surface area contributed by atoms with Crippen LogP contribution in [0.25, 0.3) is 0 Å². The molecule has 19 nitrogen and oxygen atoms in total. The van der Waals surface area contributed by atoms with Crippen molar-refractivity contribution >= 4 is 41.4 Å². The maximum Gasteiger partial charge on any atom is 0.508 e. The van der Waals surface area contributed by atoms with Crippen LogP contribution >= 0.6 is 0 Å². The molecule has 0 aromatic heterocycles. The van der Waals surface area contributed by atoms with Crippen LogP contribution in [-0.2, 0) is 62.6 Å². The second kappa shape index (κ2) is 19.9. The summed E-state index contributed by atoms with van der Waals surface area (Å²) >= 11 is 0. The van der Waals surface area contributed by atoms with Gasteiger partial charge in [-0.3, -0.25) is 19.6 Å². The molecule has 12 saturated heterocycles. The number of fused-ring (bicyclic) bond motifs is 24. The summed E-state index contributed by atoms with van der Waals surface area (Å²) < 4.78 is 89.4. The smallest absolute Gasteiger partial charge is 0.434 e. The van der Waals surface area contributed by atoms with Crippen molar-refractivity contribution in [3.05, 3.63) is 0 Å². The van der Waals surface area contributed by atoms with Gasteiger partial charge in [-0.05, 0) is 12.8 Å². The number of rotatable bonds is 12. The van der Waals surface area contributed by atoms with Crippen LogP contribution in [0.3, 0.4) is 0 Å². The minimum atomic E-state index is -3.34. The first-order chi connectivity index (χ1) is 27.5. The molecule has 12 fully saturated rings. The zero-order chi connectivity index (χ0) is 38.2. The van der Waals surface area contributed by atoms with E-state index in [0.717, 1.165) is 78.5 Å². The summed E-state index contributed by atoms with van der Waals surface area (Å²) in [5, 5.41) is 0. The molecule has 0 aromatic carbocycles. The molecule has 23 heteroatoms. The van der Waals surface area contributed by atoms with Crippen LogP contribution in [0.1, 0.15) is 12.8 Å². The highest BCUT2D eigenvalue weighted by Gasteiger charge is 2.56. The molecular weight excluding hydrogens is 805 g/mol. The standard InChI is InChI=1S/C33H62N4O15Si4/c38-33(39-29-31(55-47-21-9-36(10-22-48-55)11-23-49-55)1-27-53-41-15-3-34(4-16-42-53)5-17-43-53)40-30-32(56-50-24-12-37(13-25-51-56)14-26-52-56)2-28-54-44-18-6-35(7-19-45-54)8-20-46-54/h31-32H,1-30H2. The molecule has 0 radical (unpaired) electrons. The molecule has 0 aromatic rings. The third-order valence-electron chi connectivity index (χ3n) is 12.0. The van der Waals surface area contributed by atoms with E-state index in [0.29, 0.717) is 104 Å². The maximum absolute atomic E-state index is 13.7. The van der Waals surface area contributed by atoms with E-state index in [2.05, 4.69) is 19.6 Å². The Morgan fingerprint density at radius 1 is 0.393 bits per heavy atom. The van der Waals surface area contributed by atoms with Gasteiger partial charge >= 0.3 is 41.4 Å². The zero-order valence-electron chi connectivity index (χ0n) is 32.8. The van der Waals surface area contributed by atoms with Gasteiger partial charge in [-0.2, -0.15) is 0 Å². The largest absolute Gasteiger partial charge is 0.508 e. The van der Waals surface area contributed by atoms with Gasteiger partial charge < -0.3 is 62.6 Å². The molecule has 12 rings (SSSR count). The second-order valence-electron chi connectivity index (χ2n) is 15.5. The fourth-order valence-corrected chi connectivity index (χ4v) is 20.2. The molecule has 0 amide bonds. The van der Waals surface area contributed by atoms with Crippen molar-refractivity contribution in [2.75, 3.05) is 171 Å². The average Bonchev–Trinajstić information content (AvgIpc) is 3.08. The predicted molar refractivity (Wildman–Crippen MR) is 204 cm³/mol. The lowest BCUT2D eigenvalue weighted by molar-refractivity contribution is -0.0280. The van der Waals surface area contributed by atoms with E-state index in [1.54, 1.807) is 0 Å². The van der Waals surface area contributed by atoms with E-state index >= 15 is 0 Å². The third kappa shape index (κ3) is 10.7. The maximum atomic E-state index is 13.7. The van der Waals surface area contributed by atoms with Crippen molar-refractivity contribution in [3.8, 4) is 0 Å². The Labute approximate surface area is 334 Å². The van der Waals surface area contributed by atoms with Crippen molar-refractivity contribution in [1.29, 1.82) is 0 Å². The van der Waals surface area contributed by atoms with Gasteiger partial charge in [-0.25, -0.2) is 4.79 Å². The zero-order valence-corrected chi connectivity index (χ0v) is 36.8. The van der Waals surface area contributed by atoms with E-state index in [9.17, 15) is 4.79 Å². The van der Waals surface area contributed by atoms with Crippen LogP contribution in [0.4, 0.5) is 4.79 Å². The second-order valence-corrected chi connectivity index (χ2v) is 26.7. The number of ether oxygens (including phenoxy) is 2. The molecular formula is C33H62N4O15Si4. The molecule has 0 N–H and O–H groups in total. The van der Waals surface area contributed by atoms with E-state index in [1.165, 1.54) is 0 Å². The fraction of sp³-hybridized carbons (Fsp3) is 0.970. The average molecular weight is 867 g/mol. The summed E-state index contributed by atoms with van der Waals surface area (Å²) in [5.74, 6) is 0. The molecule has 56 heavy (non-hydrogen) atoms. The van der Waals surface area contributed by atoms with Crippen molar-refractivity contribution in [1.82, 2.24) is 19.6 Å². The summed E-state index contributed by atoms with van der Waals surface area (Å²) in [5.41, 5.74) is -0.762. The van der Waals surface area contributed by atoms with Crippen LogP contribution in [-0.4, -0.2) is 232 Å². The molecule has 0 aliphatic carbocycles. The molecule has 320 valence electrons. The van der Waals surface area contributed by atoms with E-state index in [1.807, 2.05) is 0 Å². The summed E-state index contributed by atoms with van der Waals surface area (Å²) in [6, 6.07) is 1.06. The summed E-state index contributed by atoms with van der Waals surface area (Å²) in [6.45, 7) is 16.0. The predicted octanol–water partition coefficient (Wildman–Crippen LogP) is -0.0682. The molecule has 12 aliphatic heterocycles. The minimum absolute atomic E-state index is 0.0117. The van der Waals surface area contributed by atoms with Gasteiger partial charge in [-0.15, -0.1) is 0 Å². The lowest BCUT2D eigenvalue weighted by Crippen LogP contribution is -2.59. The first-order valence-electron chi connectivity index (χ1n) is 20.8. The van der Waals surface area contributed by atoms with Crippen molar-refractivity contribution in [3.63, 3.8) is 0 Å². The highest BCUT2D eigenvalue weighted by atomic mass is 28.4. The van der Waals surface area contributed by atoms with Crippen LogP contribution in [0.15, 0.2) is 0 Å². The topological polar surface area (TPSA) is 159 Å². The molecule has 2 unspecified atom stereocenters. The van der Waals surface area contributed by atoms with Gasteiger partial charge in [0.1, 0.15) is 13.2 Å². The Morgan fingerprint density at radius 2 is 0.625 bits per heavy atom. The molecule has 12 aliphatic rings. The Hall–Kier alpha value is -0.502. The molecule has 12 heterocycles. The van der Waals surface area contributed by atoms with Crippen LogP contribution in [0, 0.1) is 0 Å². The highest BCUT2D eigenvalue weighted by molar-refractivity contribution is 6.64. The number of nitrogens with zero attached hydrogens (tertiary/aromatic N) is 4. The van der Waals surface area contributed by atoms with E-state index < -0.39 is 41.4 Å². The molecule has 0 saturated carbocycles. The number of hydrogen-bond acceptors (Lipinski definition) is 19. The van der Waals surface area contributed by atoms with Crippen molar-refractivity contribution in [2.24, 2.45) is 0 Å². The fourth-order valence-electron chi connectivity index (χ4n) is 8.67. The van der Waals surface area contributed by atoms with E-state index in [4.69, 9.17) is 62.6 Å². The minimum Gasteiger partial charge on any atom is -0.434 e. The van der Waals surface area contributed by atoms with Crippen LogP contribution in [0.5, 0.6) is 0 Å². The lowest BCUT2D eigenvalue weighted by Gasteiger charge is -2.43. The summed E-state index contributed by atoms with van der Waals surface area (Å²) in [6.07, 6.45) is 0.248. The van der Waals surface area contributed by atoms with Gasteiger partial charge in [0.25, 0.3) is 0 Å².